The maximum atomic E-state index is 11.5. The van der Waals surface area contributed by atoms with E-state index in [9.17, 15) is 4.79 Å². The van der Waals surface area contributed by atoms with Crippen LogP contribution in [0.5, 0.6) is 0 Å². The minimum atomic E-state index is 0.0301. The number of fused-ring (bicyclic) bond motifs is 2. The lowest BCUT2D eigenvalue weighted by atomic mass is 10.2. The molecule has 3 N–H and O–H groups in total. The fraction of sp³-hybridized carbons (Fsp3) is 0.278. The second-order valence-corrected chi connectivity index (χ2v) is 6.52. The Morgan fingerprint density at radius 3 is 2.26 bits per heavy atom. The summed E-state index contributed by atoms with van der Waals surface area (Å²) in [6, 6.07) is 16.9. The van der Waals surface area contributed by atoms with Crippen molar-refractivity contribution < 1.29 is 4.79 Å². The van der Waals surface area contributed by atoms with Crippen LogP contribution in [-0.2, 0) is 4.79 Å². The van der Waals surface area contributed by atoms with Crippen LogP contribution >= 0.6 is 11.8 Å². The number of amides is 1. The van der Waals surface area contributed by atoms with Gasteiger partial charge in [0.15, 0.2) is 0 Å². The molecular formula is C18H21N3OS. The van der Waals surface area contributed by atoms with Crippen molar-refractivity contribution in [3.8, 4) is 0 Å². The molecule has 4 nitrogen and oxygen atoms in total. The fourth-order valence-electron chi connectivity index (χ4n) is 2.71. The first kappa shape index (κ1) is 15.9. The average molecular weight is 327 g/mol. The molecule has 23 heavy (non-hydrogen) atoms. The molecule has 0 radical (unpaired) electrons. The van der Waals surface area contributed by atoms with Gasteiger partial charge in [-0.2, -0.15) is 0 Å². The normalized spacial score (nSPS) is 12.5. The molecule has 1 amide bonds. The second kappa shape index (κ2) is 7.53. The molecule has 0 atom stereocenters. The van der Waals surface area contributed by atoms with Gasteiger partial charge in [-0.15, -0.1) is 0 Å². The van der Waals surface area contributed by atoms with Crippen LogP contribution in [0.1, 0.15) is 12.8 Å². The zero-order chi connectivity index (χ0) is 16.1. The largest absolute Gasteiger partial charge is 0.356 e. The Morgan fingerprint density at radius 2 is 1.65 bits per heavy atom. The molecule has 5 heteroatoms. The van der Waals surface area contributed by atoms with Gasteiger partial charge >= 0.3 is 0 Å². The minimum Gasteiger partial charge on any atom is -0.356 e. The molecule has 0 unspecified atom stereocenters. The standard InChI is InChI=1S/C18H21N3OS/c19-11-10-18(22)20-12-5-13-21-14-6-1-3-8-16(14)23-17-9-4-2-7-15(17)21/h1-4,6-9H,5,10-13,19H2,(H,20,22). The predicted octanol–water partition coefficient (Wildman–Crippen LogP) is 3.14. The van der Waals surface area contributed by atoms with Gasteiger partial charge in [-0.05, 0) is 30.7 Å². The van der Waals surface area contributed by atoms with Gasteiger partial charge in [-0.25, -0.2) is 0 Å². The number of nitrogens with zero attached hydrogens (tertiary/aromatic N) is 1. The van der Waals surface area contributed by atoms with Crippen LogP contribution in [-0.4, -0.2) is 25.5 Å². The van der Waals surface area contributed by atoms with Gasteiger partial charge in [-0.3, -0.25) is 4.79 Å². The number of benzene rings is 2. The first-order valence-corrected chi connectivity index (χ1v) is 8.71. The lowest BCUT2D eigenvalue weighted by molar-refractivity contribution is -0.120. The van der Waals surface area contributed by atoms with Crippen LogP contribution in [0, 0.1) is 0 Å². The second-order valence-electron chi connectivity index (χ2n) is 5.43. The van der Waals surface area contributed by atoms with Crippen molar-refractivity contribution >= 4 is 29.0 Å². The third-order valence-corrected chi connectivity index (χ3v) is 4.91. The van der Waals surface area contributed by atoms with Crippen LogP contribution in [0.4, 0.5) is 11.4 Å². The molecule has 2 aromatic rings. The average Bonchev–Trinajstić information content (AvgIpc) is 2.58. The van der Waals surface area contributed by atoms with E-state index in [0.717, 1.165) is 13.0 Å². The van der Waals surface area contributed by atoms with Gasteiger partial charge in [0.05, 0.1) is 11.4 Å². The molecule has 0 saturated carbocycles. The number of carbonyl (C=O) groups excluding carboxylic acids is 1. The van der Waals surface area contributed by atoms with E-state index in [0.29, 0.717) is 19.5 Å². The highest BCUT2D eigenvalue weighted by atomic mass is 32.2. The SMILES string of the molecule is NCCC(=O)NCCCN1c2ccccc2Sc2ccccc21. The molecule has 0 aromatic heterocycles. The van der Waals surface area contributed by atoms with Crippen molar-refractivity contribution in [2.24, 2.45) is 5.73 Å². The molecule has 1 aliphatic rings. The van der Waals surface area contributed by atoms with Crippen LogP contribution < -0.4 is 16.0 Å². The van der Waals surface area contributed by atoms with Crippen LogP contribution in [0.2, 0.25) is 0 Å². The molecule has 1 aliphatic heterocycles. The topological polar surface area (TPSA) is 58.4 Å². The number of rotatable bonds is 6. The molecule has 0 aliphatic carbocycles. The molecular weight excluding hydrogens is 306 g/mol. The van der Waals surface area contributed by atoms with E-state index in [1.165, 1.54) is 21.2 Å². The highest BCUT2D eigenvalue weighted by molar-refractivity contribution is 7.99. The summed E-state index contributed by atoms with van der Waals surface area (Å²) in [6.45, 7) is 1.94. The predicted molar refractivity (Wildman–Crippen MR) is 95.3 cm³/mol. The van der Waals surface area contributed by atoms with Crippen LogP contribution in [0.25, 0.3) is 0 Å². The van der Waals surface area contributed by atoms with Crippen LogP contribution in [0.3, 0.4) is 0 Å². The van der Waals surface area contributed by atoms with E-state index in [1.54, 1.807) is 0 Å². The Hall–Kier alpha value is -1.98. The summed E-state index contributed by atoms with van der Waals surface area (Å²) in [7, 11) is 0. The summed E-state index contributed by atoms with van der Waals surface area (Å²) in [6.07, 6.45) is 1.29. The summed E-state index contributed by atoms with van der Waals surface area (Å²) in [5.74, 6) is 0.0301. The summed E-state index contributed by atoms with van der Waals surface area (Å²) in [5, 5.41) is 2.92. The van der Waals surface area contributed by atoms with Gasteiger partial charge < -0.3 is 16.0 Å². The molecule has 120 valence electrons. The van der Waals surface area contributed by atoms with Gasteiger partial charge in [0.2, 0.25) is 5.91 Å². The number of anilines is 2. The number of hydrogen-bond acceptors (Lipinski definition) is 4. The number of carbonyl (C=O) groups is 1. The molecule has 2 aromatic carbocycles. The lowest BCUT2D eigenvalue weighted by Gasteiger charge is -2.32. The van der Waals surface area contributed by atoms with Crippen molar-refractivity contribution in [2.45, 2.75) is 22.6 Å². The van der Waals surface area contributed by atoms with Crippen LogP contribution in [0.15, 0.2) is 58.3 Å². The Balaban J connectivity index is 1.70. The van der Waals surface area contributed by atoms with Crippen molar-refractivity contribution in [2.75, 3.05) is 24.5 Å². The maximum Gasteiger partial charge on any atom is 0.221 e. The molecule has 3 rings (SSSR count). The third-order valence-electron chi connectivity index (χ3n) is 3.78. The minimum absolute atomic E-state index is 0.0301. The summed E-state index contributed by atoms with van der Waals surface area (Å²) in [4.78, 5) is 16.4. The highest BCUT2D eigenvalue weighted by Gasteiger charge is 2.22. The van der Waals surface area contributed by atoms with Crippen molar-refractivity contribution in [3.63, 3.8) is 0 Å². The molecule has 0 bridgehead atoms. The smallest absolute Gasteiger partial charge is 0.221 e. The fourth-order valence-corrected chi connectivity index (χ4v) is 3.80. The third kappa shape index (κ3) is 3.68. The van der Waals surface area contributed by atoms with Crippen molar-refractivity contribution in [3.05, 3.63) is 48.5 Å². The van der Waals surface area contributed by atoms with Gasteiger partial charge in [0, 0.05) is 35.8 Å². The summed E-state index contributed by atoms with van der Waals surface area (Å²) in [5.41, 5.74) is 7.87. The number of hydrogen-bond donors (Lipinski definition) is 2. The molecule has 0 spiro atoms. The zero-order valence-corrected chi connectivity index (χ0v) is 13.8. The zero-order valence-electron chi connectivity index (χ0n) is 13.0. The van der Waals surface area contributed by atoms with Crippen molar-refractivity contribution in [1.82, 2.24) is 5.32 Å². The lowest BCUT2D eigenvalue weighted by Crippen LogP contribution is -2.29. The van der Waals surface area contributed by atoms with E-state index < -0.39 is 0 Å². The Kier molecular flexibility index (Phi) is 5.20. The van der Waals surface area contributed by atoms with Crippen molar-refractivity contribution in [1.29, 1.82) is 0 Å². The Labute approximate surface area is 141 Å². The molecule has 0 saturated heterocycles. The summed E-state index contributed by atoms with van der Waals surface area (Å²) < 4.78 is 0. The Morgan fingerprint density at radius 1 is 1.04 bits per heavy atom. The van der Waals surface area contributed by atoms with E-state index in [-0.39, 0.29) is 5.91 Å². The monoisotopic (exact) mass is 327 g/mol. The van der Waals surface area contributed by atoms with Gasteiger partial charge in [0.25, 0.3) is 0 Å². The van der Waals surface area contributed by atoms with E-state index in [1.807, 2.05) is 11.8 Å². The highest BCUT2D eigenvalue weighted by Crippen LogP contribution is 2.47. The molecule has 0 fully saturated rings. The Bertz CT molecular complexity index is 644. The quantitative estimate of drug-likeness (QED) is 0.800. The maximum absolute atomic E-state index is 11.5. The van der Waals surface area contributed by atoms with E-state index in [2.05, 4.69) is 58.7 Å². The van der Waals surface area contributed by atoms with Gasteiger partial charge in [0.1, 0.15) is 0 Å². The number of nitrogens with two attached hydrogens (primary N) is 1. The first-order valence-electron chi connectivity index (χ1n) is 7.90. The molecule has 1 heterocycles. The van der Waals surface area contributed by atoms with E-state index in [4.69, 9.17) is 5.73 Å². The van der Waals surface area contributed by atoms with Gasteiger partial charge in [-0.1, -0.05) is 36.0 Å². The van der Waals surface area contributed by atoms with E-state index >= 15 is 0 Å². The number of para-hydroxylation sites is 2. The number of nitrogens with one attached hydrogen (secondary N) is 1. The first-order chi connectivity index (χ1) is 11.3. The summed E-state index contributed by atoms with van der Waals surface area (Å²) >= 11 is 1.81.